The van der Waals surface area contributed by atoms with Crippen LogP contribution in [0.3, 0.4) is 0 Å². The molecule has 0 aliphatic carbocycles. The lowest BCUT2D eigenvalue weighted by molar-refractivity contribution is 0.854. The van der Waals surface area contributed by atoms with Crippen molar-refractivity contribution in [3.05, 3.63) is 52.9 Å². The fraction of sp³-hybridized carbons (Fsp3) is 0. The average Bonchev–Trinajstić information content (AvgIpc) is 2.76. The molecule has 3 rings (SSSR count). The van der Waals surface area contributed by atoms with Crippen molar-refractivity contribution in [2.24, 2.45) is 0 Å². The molecule has 0 bridgehead atoms. The Kier molecular flexibility index (Phi) is 1.83. The van der Waals surface area contributed by atoms with Crippen molar-refractivity contribution in [2.45, 2.75) is 0 Å². The maximum Gasteiger partial charge on any atom is 0.291 e. The van der Waals surface area contributed by atoms with Crippen LogP contribution in [0.1, 0.15) is 0 Å². The zero-order valence-corrected chi connectivity index (χ0v) is 8.29. The maximum atomic E-state index is 11.5. The van der Waals surface area contributed by atoms with Gasteiger partial charge < -0.3 is 0 Å². The standard InChI is InChI=1S/C11H8N4O/c16-11-7-12-13-10-6-9(14-15(10)11)8-4-2-1-3-5-8/h1-7,14H. The molecule has 3 aromatic rings. The predicted molar refractivity (Wildman–Crippen MR) is 59.0 cm³/mol. The van der Waals surface area contributed by atoms with Gasteiger partial charge >= 0.3 is 0 Å². The van der Waals surface area contributed by atoms with Gasteiger partial charge in [0, 0.05) is 6.07 Å². The van der Waals surface area contributed by atoms with E-state index < -0.39 is 0 Å². The van der Waals surface area contributed by atoms with Crippen LogP contribution in [-0.4, -0.2) is 19.8 Å². The summed E-state index contributed by atoms with van der Waals surface area (Å²) in [5.74, 6) is 0. The minimum absolute atomic E-state index is 0.216. The van der Waals surface area contributed by atoms with E-state index in [0.29, 0.717) is 5.65 Å². The van der Waals surface area contributed by atoms with Crippen LogP contribution in [0.2, 0.25) is 0 Å². The average molecular weight is 212 g/mol. The number of nitrogens with one attached hydrogen (secondary N) is 1. The fourth-order valence-corrected chi connectivity index (χ4v) is 1.61. The van der Waals surface area contributed by atoms with Gasteiger partial charge in [0.05, 0.1) is 5.69 Å². The largest absolute Gasteiger partial charge is 0.291 e. The molecule has 16 heavy (non-hydrogen) atoms. The van der Waals surface area contributed by atoms with Crippen molar-refractivity contribution >= 4 is 5.65 Å². The number of aromatic amines is 1. The van der Waals surface area contributed by atoms with Crippen LogP contribution in [0.5, 0.6) is 0 Å². The molecule has 2 aromatic heterocycles. The van der Waals surface area contributed by atoms with E-state index in [9.17, 15) is 4.79 Å². The first-order valence-electron chi connectivity index (χ1n) is 4.83. The zero-order valence-electron chi connectivity index (χ0n) is 8.29. The Labute approximate surface area is 90.4 Å². The molecule has 0 spiro atoms. The van der Waals surface area contributed by atoms with Gasteiger partial charge in [-0.3, -0.25) is 9.89 Å². The molecule has 0 unspecified atom stereocenters. The van der Waals surface area contributed by atoms with Gasteiger partial charge in [0.25, 0.3) is 5.56 Å². The Morgan fingerprint density at radius 1 is 1.19 bits per heavy atom. The molecule has 5 nitrogen and oxygen atoms in total. The molecule has 78 valence electrons. The van der Waals surface area contributed by atoms with Gasteiger partial charge in [-0.2, -0.15) is 9.61 Å². The summed E-state index contributed by atoms with van der Waals surface area (Å²) in [5, 5.41) is 10.5. The first kappa shape index (κ1) is 8.84. The molecule has 1 N–H and O–H groups in total. The number of hydrogen-bond donors (Lipinski definition) is 1. The van der Waals surface area contributed by atoms with Gasteiger partial charge in [-0.1, -0.05) is 30.3 Å². The molecular formula is C11H8N4O. The number of nitrogens with zero attached hydrogens (tertiary/aromatic N) is 3. The molecule has 0 saturated carbocycles. The second-order valence-corrected chi connectivity index (χ2v) is 3.41. The highest BCUT2D eigenvalue weighted by molar-refractivity contribution is 5.63. The maximum absolute atomic E-state index is 11.5. The highest BCUT2D eigenvalue weighted by Crippen LogP contribution is 2.16. The first-order valence-corrected chi connectivity index (χ1v) is 4.83. The molecule has 0 radical (unpaired) electrons. The highest BCUT2D eigenvalue weighted by Gasteiger charge is 2.04. The van der Waals surface area contributed by atoms with E-state index in [1.54, 1.807) is 6.07 Å². The molecule has 0 amide bonds. The van der Waals surface area contributed by atoms with Gasteiger partial charge in [0.2, 0.25) is 0 Å². The topological polar surface area (TPSA) is 63.0 Å². The summed E-state index contributed by atoms with van der Waals surface area (Å²) < 4.78 is 1.37. The van der Waals surface area contributed by atoms with Crippen molar-refractivity contribution in [3.8, 4) is 11.3 Å². The number of rotatable bonds is 1. The van der Waals surface area contributed by atoms with Gasteiger partial charge in [0.1, 0.15) is 6.20 Å². The SMILES string of the molecule is O=c1cnnc2cc(-c3ccccc3)[nH]n12. The number of aromatic nitrogens is 4. The molecule has 2 heterocycles. The molecule has 0 aliphatic heterocycles. The predicted octanol–water partition coefficient (Wildman–Crippen LogP) is 1.08. The van der Waals surface area contributed by atoms with E-state index in [4.69, 9.17) is 0 Å². The van der Waals surface area contributed by atoms with E-state index in [2.05, 4.69) is 15.3 Å². The molecule has 0 atom stereocenters. The van der Waals surface area contributed by atoms with E-state index in [1.807, 2.05) is 30.3 Å². The summed E-state index contributed by atoms with van der Waals surface area (Å²) in [6.07, 6.45) is 1.18. The lowest BCUT2D eigenvalue weighted by atomic mass is 10.2. The van der Waals surface area contributed by atoms with Crippen molar-refractivity contribution in [3.63, 3.8) is 0 Å². The Balaban J connectivity index is 2.28. The van der Waals surface area contributed by atoms with Gasteiger partial charge in [0.15, 0.2) is 5.65 Å². The van der Waals surface area contributed by atoms with Gasteiger partial charge in [-0.25, -0.2) is 0 Å². The third kappa shape index (κ3) is 1.30. The molecule has 0 fully saturated rings. The number of fused-ring (bicyclic) bond motifs is 1. The Morgan fingerprint density at radius 3 is 2.75 bits per heavy atom. The van der Waals surface area contributed by atoms with Crippen molar-refractivity contribution in [1.29, 1.82) is 0 Å². The number of H-pyrrole nitrogens is 1. The third-order valence-electron chi connectivity index (χ3n) is 2.37. The number of benzene rings is 1. The van der Waals surface area contributed by atoms with Crippen LogP contribution in [0.25, 0.3) is 16.9 Å². The lowest BCUT2D eigenvalue weighted by Crippen LogP contribution is -2.14. The first-order chi connectivity index (χ1) is 7.84. The van der Waals surface area contributed by atoms with Crippen molar-refractivity contribution < 1.29 is 0 Å². The summed E-state index contributed by atoms with van der Waals surface area (Å²) in [6, 6.07) is 11.5. The second kappa shape index (κ2) is 3.30. The summed E-state index contributed by atoms with van der Waals surface area (Å²) in [7, 11) is 0. The summed E-state index contributed by atoms with van der Waals surface area (Å²) in [5.41, 5.74) is 2.16. The Bertz CT molecular complexity index is 684. The van der Waals surface area contributed by atoms with E-state index >= 15 is 0 Å². The third-order valence-corrected chi connectivity index (χ3v) is 2.37. The summed E-state index contributed by atoms with van der Waals surface area (Å²) in [6.45, 7) is 0. The fourth-order valence-electron chi connectivity index (χ4n) is 1.61. The van der Waals surface area contributed by atoms with Gasteiger partial charge in [-0.05, 0) is 5.56 Å². The monoisotopic (exact) mass is 212 g/mol. The normalized spacial score (nSPS) is 10.8. The molecule has 0 aliphatic rings. The summed E-state index contributed by atoms with van der Waals surface area (Å²) in [4.78, 5) is 11.5. The van der Waals surface area contributed by atoms with E-state index in [0.717, 1.165) is 11.3 Å². The Morgan fingerprint density at radius 2 is 2.00 bits per heavy atom. The van der Waals surface area contributed by atoms with Crippen LogP contribution in [0, 0.1) is 0 Å². The molecule has 5 heteroatoms. The van der Waals surface area contributed by atoms with E-state index in [1.165, 1.54) is 10.7 Å². The molecule has 0 saturated heterocycles. The molecular weight excluding hydrogens is 204 g/mol. The quantitative estimate of drug-likeness (QED) is 0.656. The van der Waals surface area contributed by atoms with Crippen molar-refractivity contribution in [2.75, 3.05) is 0 Å². The summed E-state index contributed by atoms with van der Waals surface area (Å²) >= 11 is 0. The molecule has 1 aromatic carbocycles. The van der Waals surface area contributed by atoms with Crippen molar-refractivity contribution in [1.82, 2.24) is 19.8 Å². The van der Waals surface area contributed by atoms with Crippen LogP contribution in [0.4, 0.5) is 0 Å². The highest BCUT2D eigenvalue weighted by atomic mass is 16.1. The smallest absolute Gasteiger partial charge is 0.289 e. The minimum Gasteiger partial charge on any atom is -0.289 e. The van der Waals surface area contributed by atoms with Crippen LogP contribution >= 0.6 is 0 Å². The van der Waals surface area contributed by atoms with Crippen LogP contribution in [-0.2, 0) is 0 Å². The van der Waals surface area contributed by atoms with Gasteiger partial charge in [-0.15, -0.1) is 5.10 Å². The second-order valence-electron chi connectivity index (χ2n) is 3.41. The number of hydrogen-bond acceptors (Lipinski definition) is 3. The zero-order chi connectivity index (χ0) is 11.0. The minimum atomic E-state index is -0.216. The van der Waals surface area contributed by atoms with Crippen LogP contribution < -0.4 is 5.56 Å². The lowest BCUT2D eigenvalue weighted by Gasteiger charge is -1.94. The Hall–Kier alpha value is -2.43. The van der Waals surface area contributed by atoms with Crippen LogP contribution in [0.15, 0.2) is 47.4 Å². The van der Waals surface area contributed by atoms with E-state index in [-0.39, 0.29) is 5.56 Å².